The van der Waals surface area contributed by atoms with E-state index in [1.54, 1.807) is 6.26 Å². The number of nitrogens with zero attached hydrogens (tertiary/aromatic N) is 1. The third-order valence-electron chi connectivity index (χ3n) is 3.68. The molecule has 0 aliphatic heterocycles. The lowest BCUT2D eigenvalue weighted by Gasteiger charge is -2.21. The van der Waals surface area contributed by atoms with Crippen LogP contribution in [0.5, 0.6) is 0 Å². The molecule has 0 saturated heterocycles. The molecule has 2 aromatic rings. The van der Waals surface area contributed by atoms with Crippen LogP contribution in [0.25, 0.3) is 0 Å². The van der Waals surface area contributed by atoms with Gasteiger partial charge >= 0.3 is 0 Å². The van der Waals surface area contributed by atoms with Crippen LogP contribution in [0.1, 0.15) is 24.2 Å². The highest BCUT2D eigenvalue weighted by Crippen LogP contribution is 2.27. The van der Waals surface area contributed by atoms with Crippen molar-refractivity contribution in [3.63, 3.8) is 0 Å². The Labute approximate surface area is 124 Å². The Morgan fingerprint density at radius 1 is 1.19 bits per heavy atom. The van der Waals surface area contributed by atoms with Crippen LogP contribution in [0, 0.1) is 0 Å². The summed E-state index contributed by atoms with van der Waals surface area (Å²) < 4.78 is 5.22. The fourth-order valence-electron chi connectivity index (χ4n) is 2.41. The lowest BCUT2D eigenvalue weighted by molar-refractivity contribution is -0.122. The van der Waals surface area contributed by atoms with Crippen molar-refractivity contribution in [1.82, 2.24) is 10.2 Å². The van der Waals surface area contributed by atoms with E-state index < -0.39 is 0 Å². The van der Waals surface area contributed by atoms with Crippen LogP contribution in [0.3, 0.4) is 0 Å². The van der Waals surface area contributed by atoms with E-state index in [1.807, 2.05) is 30.3 Å². The molecule has 4 nitrogen and oxygen atoms in total. The fourth-order valence-corrected chi connectivity index (χ4v) is 2.41. The number of hydrogen-bond acceptors (Lipinski definition) is 3. The van der Waals surface area contributed by atoms with Crippen molar-refractivity contribution in [3.8, 4) is 0 Å². The van der Waals surface area contributed by atoms with Crippen molar-refractivity contribution in [3.05, 3.63) is 60.1 Å². The molecule has 1 heterocycles. The minimum absolute atomic E-state index is 0.0502. The number of carbonyl (C=O) groups excluding carboxylic acids is 1. The van der Waals surface area contributed by atoms with Gasteiger partial charge in [0.2, 0.25) is 5.91 Å². The monoisotopic (exact) mass is 284 g/mol. The lowest BCUT2D eigenvalue weighted by atomic mass is 10.2. The molecular formula is C17H20N2O2. The van der Waals surface area contributed by atoms with Gasteiger partial charge < -0.3 is 9.73 Å². The van der Waals surface area contributed by atoms with Crippen LogP contribution in [-0.2, 0) is 17.9 Å². The Bertz CT molecular complexity index is 562. The Hall–Kier alpha value is -2.07. The minimum atomic E-state index is 0.0502. The molecule has 1 aromatic heterocycles. The van der Waals surface area contributed by atoms with Gasteiger partial charge in [-0.2, -0.15) is 0 Å². The van der Waals surface area contributed by atoms with Gasteiger partial charge in [-0.05, 0) is 30.5 Å². The van der Waals surface area contributed by atoms with Crippen molar-refractivity contribution in [2.24, 2.45) is 0 Å². The number of benzene rings is 1. The Balaban J connectivity index is 1.51. The second-order valence-electron chi connectivity index (χ2n) is 5.48. The molecule has 1 N–H and O–H groups in total. The summed E-state index contributed by atoms with van der Waals surface area (Å²) in [6, 6.07) is 14.6. The van der Waals surface area contributed by atoms with Gasteiger partial charge in [-0.3, -0.25) is 9.69 Å². The molecule has 4 heteroatoms. The molecule has 0 radical (unpaired) electrons. The summed E-state index contributed by atoms with van der Waals surface area (Å²) in [5, 5.41) is 2.91. The Morgan fingerprint density at radius 3 is 2.67 bits per heavy atom. The third kappa shape index (κ3) is 4.20. The molecule has 1 aliphatic rings. The van der Waals surface area contributed by atoms with E-state index >= 15 is 0 Å². The summed E-state index contributed by atoms with van der Waals surface area (Å²) >= 11 is 0. The van der Waals surface area contributed by atoms with Gasteiger partial charge in [0.05, 0.1) is 19.4 Å². The molecule has 1 aromatic carbocycles. The largest absolute Gasteiger partial charge is 0.467 e. The molecule has 1 fully saturated rings. The number of amides is 1. The second kappa shape index (κ2) is 6.59. The number of rotatable bonds is 7. The van der Waals surface area contributed by atoms with Crippen molar-refractivity contribution in [2.75, 3.05) is 6.54 Å². The van der Waals surface area contributed by atoms with E-state index in [0.29, 0.717) is 19.1 Å². The van der Waals surface area contributed by atoms with Crippen LogP contribution in [-0.4, -0.2) is 23.4 Å². The molecule has 3 rings (SSSR count). The summed E-state index contributed by atoms with van der Waals surface area (Å²) in [6.45, 7) is 1.73. The molecule has 1 amide bonds. The Kier molecular flexibility index (Phi) is 4.36. The quantitative estimate of drug-likeness (QED) is 0.850. The molecule has 0 bridgehead atoms. The average Bonchev–Trinajstić information content (AvgIpc) is 3.22. The Morgan fingerprint density at radius 2 is 2.00 bits per heavy atom. The third-order valence-corrected chi connectivity index (χ3v) is 3.68. The van der Waals surface area contributed by atoms with Gasteiger partial charge in [0.25, 0.3) is 0 Å². The van der Waals surface area contributed by atoms with E-state index in [0.717, 1.165) is 12.3 Å². The molecule has 1 saturated carbocycles. The maximum absolute atomic E-state index is 12.1. The van der Waals surface area contributed by atoms with Crippen molar-refractivity contribution in [1.29, 1.82) is 0 Å². The molecule has 21 heavy (non-hydrogen) atoms. The van der Waals surface area contributed by atoms with Crippen LogP contribution in [0.4, 0.5) is 0 Å². The second-order valence-corrected chi connectivity index (χ2v) is 5.48. The predicted molar refractivity (Wildman–Crippen MR) is 80.4 cm³/mol. The van der Waals surface area contributed by atoms with E-state index in [1.165, 1.54) is 18.4 Å². The molecule has 1 aliphatic carbocycles. The first-order valence-electron chi connectivity index (χ1n) is 7.38. The summed E-state index contributed by atoms with van der Waals surface area (Å²) in [5.74, 6) is 0.832. The first-order chi connectivity index (χ1) is 10.3. The average molecular weight is 284 g/mol. The van der Waals surface area contributed by atoms with Gasteiger partial charge in [-0.1, -0.05) is 30.3 Å². The minimum Gasteiger partial charge on any atom is -0.467 e. The zero-order valence-corrected chi connectivity index (χ0v) is 12.0. The van der Waals surface area contributed by atoms with E-state index in [-0.39, 0.29) is 5.91 Å². The predicted octanol–water partition coefficient (Wildman–Crippen LogP) is 2.56. The first-order valence-corrected chi connectivity index (χ1v) is 7.38. The number of furan rings is 1. The molecule has 110 valence electrons. The van der Waals surface area contributed by atoms with Crippen molar-refractivity contribution >= 4 is 5.91 Å². The number of nitrogens with one attached hydrogen (secondary N) is 1. The fraction of sp³-hybridized carbons (Fsp3) is 0.353. The summed E-state index contributed by atoms with van der Waals surface area (Å²) in [6.07, 6.45) is 4.00. The molecule has 0 unspecified atom stereocenters. The number of carbonyl (C=O) groups is 1. The summed E-state index contributed by atoms with van der Waals surface area (Å²) in [5.41, 5.74) is 1.25. The van der Waals surface area contributed by atoms with Crippen LogP contribution < -0.4 is 5.32 Å². The first kappa shape index (κ1) is 13.9. The summed E-state index contributed by atoms with van der Waals surface area (Å²) in [7, 11) is 0. The van der Waals surface area contributed by atoms with Gasteiger partial charge in [-0.25, -0.2) is 0 Å². The van der Waals surface area contributed by atoms with Gasteiger partial charge in [-0.15, -0.1) is 0 Å². The molecule has 0 spiro atoms. The topological polar surface area (TPSA) is 45.5 Å². The van der Waals surface area contributed by atoms with Gasteiger partial charge in [0.15, 0.2) is 0 Å². The van der Waals surface area contributed by atoms with Crippen LogP contribution in [0.2, 0.25) is 0 Å². The highest BCUT2D eigenvalue weighted by Gasteiger charge is 2.30. The highest BCUT2D eigenvalue weighted by molar-refractivity contribution is 5.78. The standard InChI is InChI=1S/C17H20N2O2/c20-17(18-11-16-7-4-10-21-16)13-19(15-8-9-15)12-14-5-2-1-3-6-14/h1-7,10,15H,8-9,11-13H2,(H,18,20). The maximum atomic E-state index is 12.1. The summed E-state index contributed by atoms with van der Waals surface area (Å²) in [4.78, 5) is 14.3. The molecule has 0 atom stereocenters. The smallest absolute Gasteiger partial charge is 0.234 e. The van der Waals surface area contributed by atoms with Crippen LogP contribution >= 0.6 is 0 Å². The lowest BCUT2D eigenvalue weighted by Crippen LogP contribution is -2.37. The number of hydrogen-bond donors (Lipinski definition) is 1. The van der Waals surface area contributed by atoms with E-state index in [9.17, 15) is 4.79 Å². The van der Waals surface area contributed by atoms with Gasteiger partial charge in [0, 0.05) is 12.6 Å². The maximum Gasteiger partial charge on any atom is 0.234 e. The van der Waals surface area contributed by atoms with Crippen LogP contribution in [0.15, 0.2) is 53.1 Å². The van der Waals surface area contributed by atoms with Crippen molar-refractivity contribution in [2.45, 2.75) is 32.0 Å². The zero-order valence-electron chi connectivity index (χ0n) is 12.0. The zero-order chi connectivity index (χ0) is 14.5. The normalized spacial score (nSPS) is 14.3. The van der Waals surface area contributed by atoms with Crippen molar-refractivity contribution < 1.29 is 9.21 Å². The van der Waals surface area contributed by atoms with E-state index in [4.69, 9.17) is 4.42 Å². The van der Waals surface area contributed by atoms with E-state index in [2.05, 4.69) is 22.3 Å². The molecular weight excluding hydrogens is 264 g/mol. The van der Waals surface area contributed by atoms with Gasteiger partial charge in [0.1, 0.15) is 5.76 Å². The highest BCUT2D eigenvalue weighted by atomic mass is 16.3. The SMILES string of the molecule is O=C(CN(Cc1ccccc1)C1CC1)NCc1ccco1.